The van der Waals surface area contributed by atoms with Gasteiger partial charge in [-0.2, -0.15) is 5.10 Å². The number of nitrogens with zero attached hydrogens (tertiary/aromatic N) is 4. The van der Waals surface area contributed by atoms with Crippen LogP contribution in [0, 0.1) is 5.82 Å². The fourth-order valence-corrected chi connectivity index (χ4v) is 3.62. The Balaban J connectivity index is 0.00000363. The highest BCUT2D eigenvalue weighted by atomic mass is 127. The van der Waals surface area contributed by atoms with Crippen LogP contribution in [0.1, 0.15) is 31.9 Å². The molecule has 32 heavy (non-hydrogen) atoms. The lowest BCUT2D eigenvalue weighted by atomic mass is 10.1. The number of ether oxygens (including phenoxy) is 2. The topological polar surface area (TPSA) is 63.9 Å². The molecule has 1 fully saturated rings. The van der Waals surface area contributed by atoms with Gasteiger partial charge in [0.2, 0.25) is 0 Å². The van der Waals surface area contributed by atoms with Gasteiger partial charge in [-0.15, -0.1) is 24.0 Å². The summed E-state index contributed by atoms with van der Waals surface area (Å²) in [4.78, 5) is 7.13. The normalized spacial score (nSPS) is 15.0. The minimum Gasteiger partial charge on any atom is -0.385 e. The van der Waals surface area contributed by atoms with Gasteiger partial charge in [-0.25, -0.2) is 9.07 Å². The van der Waals surface area contributed by atoms with E-state index in [1.807, 2.05) is 12.3 Å². The lowest BCUT2D eigenvalue weighted by Crippen LogP contribution is -2.47. The standard InChI is InChI=1S/C23H34FN5O2.HI/c1-3-25-23(28-14-11-22(12-15-28)31-18-4-17-30-2)26-13-9-20-10-16-29(27-20)21-7-5-19(24)6-8-21;/h5-8,10,16,22H,3-4,9,11-15,17-18H2,1-2H3,(H,25,26);1H. The molecule has 3 rings (SSSR count). The number of rotatable bonds is 10. The molecule has 1 aliphatic heterocycles. The molecule has 0 saturated carbocycles. The SMILES string of the molecule is CCNC(=NCCc1ccn(-c2ccc(F)cc2)n1)N1CCC(OCCCOC)CC1.I. The van der Waals surface area contributed by atoms with Crippen LogP contribution in [0.15, 0.2) is 41.5 Å². The largest absolute Gasteiger partial charge is 0.385 e. The number of piperidine rings is 1. The minimum atomic E-state index is -0.247. The molecule has 1 aromatic carbocycles. The molecule has 0 atom stereocenters. The molecule has 9 heteroatoms. The first kappa shape index (κ1) is 26.5. The zero-order chi connectivity index (χ0) is 21.9. The van der Waals surface area contributed by atoms with Crippen molar-refractivity contribution in [3.8, 4) is 5.69 Å². The van der Waals surface area contributed by atoms with Gasteiger partial charge in [0.1, 0.15) is 5.82 Å². The number of hydrogen-bond acceptors (Lipinski definition) is 4. The number of methoxy groups -OCH3 is 1. The van der Waals surface area contributed by atoms with E-state index in [9.17, 15) is 4.39 Å². The number of guanidine groups is 1. The fourth-order valence-electron chi connectivity index (χ4n) is 3.62. The Morgan fingerprint density at radius 3 is 2.62 bits per heavy atom. The van der Waals surface area contributed by atoms with E-state index in [1.54, 1.807) is 23.9 Å². The Labute approximate surface area is 207 Å². The Kier molecular flexibility index (Phi) is 12.0. The molecule has 1 saturated heterocycles. The van der Waals surface area contributed by atoms with E-state index in [1.165, 1.54) is 12.1 Å². The van der Waals surface area contributed by atoms with Crippen molar-refractivity contribution in [2.75, 3.05) is 46.5 Å². The number of likely N-dealkylation sites (tertiary alicyclic amines) is 1. The first-order valence-corrected chi connectivity index (χ1v) is 11.1. The molecule has 1 aromatic heterocycles. The summed E-state index contributed by atoms with van der Waals surface area (Å²) in [5, 5.41) is 7.99. The van der Waals surface area contributed by atoms with E-state index in [0.29, 0.717) is 12.6 Å². The van der Waals surface area contributed by atoms with Crippen LogP contribution < -0.4 is 5.32 Å². The third-order valence-electron chi connectivity index (χ3n) is 5.29. The van der Waals surface area contributed by atoms with Gasteiger partial charge in [0.25, 0.3) is 0 Å². The van der Waals surface area contributed by atoms with Gasteiger partial charge >= 0.3 is 0 Å². The molecule has 2 heterocycles. The summed E-state index contributed by atoms with van der Waals surface area (Å²) < 4.78 is 25.9. The first-order valence-electron chi connectivity index (χ1n) is 11.1. The highest BCUT2D eigenvalue weighted by Gasteiger charge is 2.21. The van der Waals surface area contributed by atoms with Crippen molar-refractivity contribution in [1.82, 2.24) is 20.0 Å². The number of halogens is 2. The third-order valence-corrected chi connectivity index (χ3v) is 5.29. The fraction of sp³-hybridized carbons (Fsp3) is 0.565. The van der Waals surface area contributed by atoms with Gasteiger partial charge in [0.05, 0.1) is 17.5 Å². The average Bonchev–Trinajstić information content (AvgIpc) is 3.26. The van der Waals surface area contributed by atoms with Crippen molar-refractivity contribution >= 4 is 29.9 Å². The van der Waals surface area contributed by atoms with Crippen molar-refractivity contribution in [3.05, 3.63) is 48.0 Å². The van der Waals surface area contributed by atoms with Crippen LogP contribution in [0.2, 0.25) is 0 Å². The maximum Gasteiger partial charge on any atom is 0.193 e. The minimum absolute atomic E-state index is 0. The Morgan fingerprint density at radius 2 is 1.94 bits per heavy atom. The quantitative estimate of drug-likeness (QED) is 0.209. The van der Waals surface area contributed by atoms with Gasteiger partial charge < -0.3 is 19.7 Å². The first-order chi connectivity index (χ1) is 15.2. The molecule has 2 aromatic rings. The van der Waals surface area contributed by atoms with E-state index in [4.69, 9.17) is 14.5 Å². The number of benzene rings is 1. The van der Waals surface area contributed by atoms with Crippen LogP contribution in [0.5, 0.6) is 0 Å². The van der Waals surface area contributed by atoms with Crippen LogP contribution in [0.25, 0.3) is 5.69 Å². The zero-order valence-electron chi connectivity index (χ0n) is 19.0. The van der Waals surface area contributed by atoms with Gasteiger partial charge in [0, 0.05) is 59.1 Å². The summed E-state index contributed by atoms with van der Waals surface area (Å²) in [6.07, 6.45) is 5.94. The average molecular weight is 559 g/mol. The van der Waals surface area contributed by atoms with Gasteiger partial charge in [0.15, 0.2) is 5.96 Å². The van der Waals surface area contributed by atoms with Crippen LogP contribution >= 0.6 is 24.0 Å². The zero-order valence-corrected chi connectivity index (χ0v) is 21.3. The van der Waals surface area contributed by atoms with E-state index >= 15 is 0 Å². The second-order valence-corrected chi connectivity index (χ2v) is 7.62. The predicted octanol–water partition coefficient (Wildman–Crippen LogP) is 3.65. The molecule has 0 aliphatic carbocycles. The van der Waals surface area contributed by atoms with Gasteiger partial charge in [-0.3, -0.25) is 4.99 Å². The van der Waals surface area contributed by atoms with Crippen molar-refractivity contribution < 1.29 is 13.9 Å². The molecular formula is C23H35FIN5O2. The Bertz CT molecular complexity index is 807. The molecule has 1 N–H and O–H groups in total. The summed E-state index contributed by atoms with van der Waals surface area (Å²) in [7, 11) is 1.72. The molecule has 0 unspecified atom stereocenters. The van der Waals surface area contributed by atoms with Crippen molar-refractivity contribution in [2.45, 2.75) is 38.7 Å². The lowest BCUT2D eigenvalue weighted by molar-refractivity contribution is 0.00991. The van der Waals surface area contributed by atoms with Crippen molar-refractivity contribution in [3.63, 3.8) is 0 Å². The van der Waals surface area contributed by atoms with E-state index in [2.05, 4.69) is 22.2 Å². The summed E-state index contributed by atoms with van der Waals surface area (Å²) in [6, 6.07) is 8.31. The molecule has 178 valence electrons. The van der Waals surface area contributed by atoms with Gasteiger partial charge in [-0.1, -0.05) is 0 Å². The summed E-state index contributed by atoms with van der Waals surface area (Å²) >= 11 is 0. The third kappa shape index (κ3) is 8.32. The number of aliphatic imine (C=N–C) groups is 1. The van der Waals surface area contributed by atoms with Crippen LogP contribution in [0.3, 0.4) is 0 Å². The maximum absolute atomic E-state index is 13.1. The second kappa shape index (κ2) is 14.4. The molecule has 7 nitrogen and oxygen atoms in total. The molecule has 1 aliphatic rings. The Morgan fingerprint density at radius 1 is 1.19 bits per heavy atom. The molecular weight excluding hydrogens is 524 g/mol. The molecule has 0 radical (unpaired) electrons. The number of hydrogen-bond donors (Lipinski definition) is 1. The lowest BCUT2D eigenvalue weighted by Gasteiger charge is -2.34. The van der Waals surface area contributed by atoms with Crippen LogP contribution in [-0.2, 0) is 15.9 Å². The number of aromatic nitrogens is 2. The monoisotopic (exact) mass is 559 g/mol. The van der Waals surface area contributed by atoms with Gasteiger partial charge in [-0.05, 0) is 56.5 Å². The summed E-state index contributed by atoms with van der Waals surface area (Å²) in [5.41, 5.74) is 1.81. The maximum atomic E-state index is 13.1. The van der Waals surface area contributed by atoms with E-state index in [-0.39, 0.29) is 29.8 Å². The number of nitrogens with one attached hydrogen (secondary N) is 1. The molecule has 0 amide bonds. The van der Waals surface area contributed by atoms with E-state index < -0.39 is 0 Å². The van der Waals surface area contributed by atoms with E-state index in [0.717, 1.165) is 75.9 Å². The van der Waals surface area contributed by atoms with Crippen molar-refractivity contribution in [1.29, 1.82) is 0 Å². The van der Waals surface area contributed by atoms with Crippen molar-refractivity contribution in [2.24, 2.45) is 4.99 Å². The predicted molar refractivity (Wildman–Crippen MR) is 136 cm³/mol. The highest BCUT2D eigenvalue weighted by molar-refractivity contribution is 14.0. The summed E-state index contributed by atoms with van der Waals surface area (Å²) in [6.45, 7) is 6.99. The van der Waals surface area contributed by atoms with Crippen LogP contribution in [-0.4, -0.2) is 73.2 Å². The van der Waals surface area contributed by atoms with Crippen LogP contribution in [0.4, 0.5) is 4.39 Å². The summed E-state index contributed by atoms with van der Waals surface area (Å²) in [5.74, 6) is 0.710. The Hall–Kier alpha value is -1.72. The second-order valence-electron chi connectivity index (χ2n) is 7.62. The smallest absolute Gasteiger partial charge is 0.193 e. The highest BCUT2D eigenvalue weighted by Crippen LogP contribution is 2.14. The molecule has 0 bridgehead atoms. The molecule has 0 spiro atoms.